The lowest BCUT2D eigenvalue weighted by Gasteiger charge is -2.17. The van der Waals surface area contributed by atoms with E-state index in [0.29, 0.717) is 35.0 Å². The fourth-order valence-electron chi connectivity index (χ4n) is 6.40. The summed E-state index contributed by atoms with van der Waals surface area (Å²) in [4.78, 5) is 24.9. The molecule has 7 heteroatoms. The maximum Gasteiger partial charge on any atom is 0.235 e. The third-order valence-electron chi connectivity index (χ3n) is 8.61. The zero-order chi connectivity index (χ0) is 29.9. The predicted molar refractivity (Wildman–Crippen MR) is 184 cm³/mol. The van der Waals surface area contributed by atoms with Crippen LogP contribution in [0.2, 0.25) is 0 Å². The average molecular weight is 599 g/mol. The van der Waals surface area contributed by atoms with Gasteiger partial charge in [-0.2, -0.15) is 0 Å². The molecule has 0 fully saturated rings. The van der Waals surface area contributed by atoms with Gasteiger partial charge >= 0.3 is 0 Å². The van der Waals surface area contributed by atoms with Crippen LogP contribution >= 0.6 is 11.3 Å². The molecule has 1 atom stereocenters. The minimum absolute atomic E-state index is 0.302. The second-order valence-electron chi connectivity index (χ2n) is 11.4. The first-order valence-electron chi connectivity index (χ1n) is 15.1. The molecular weight excluding hydrogens is 573 g/mol. The van der Waals surface area contributed by atoms with Gasteiger partial charge < -0.3 is 0 Å². The summed E-state index contributed by atoms with van der Waals surface area (Å²) in [5.74, 6) is 2.72. The zero-order valence-electron chi connectivity index (χ0n) is 24.4. The molecule has 4 aromatic carbocycles. The summed E-state index contributed by atoms with van der Waals surface area (Å²) in [5, 5.41) is 4.85. The minimum Gasteiger partial charge on any atom is -0.276 e. The van der Waals surface area contributed by atoms with Gasteiger partial charge in [-0.15, -0.1) is 11.3 Å². The van der Waals surface area contributed by atoms with Crippen molar-refractivity contribution in [1.29, 1.82) is 0 Å². The van der Waals surface area contributed by atoms with E-state index in [1.54, 1.807) is 6.20 Å². The molecule has 4 aromatic heterocycles. The van der Waals surface area contributed by atoms with Crippen molar-refractivity contribution in [3.63, 3.8) is 0 Å². The van der Waals surface area contributed by atoms with Crippen LogP contribution in [-0.2, 0) is 0 Å². The Morgan fingerprint density at radius 2 is 1.44 bits per heavy atom. The van der Waals surface area contributed by atoms with E-state index in [2.05, 4.69) is 90.4 Å². The van der Waals surface area contributed by atoms with Gasteiger partial charge in [-0.1, -0.05) is 104 Å². The summed E-state index contributed by atoms with van der Waals surface area (Å²) in [5.41, 5.74) is 4.85. The molecule has 4 heterocycles. The first-order chi connectivity index (χ1) is 22.2. The van der Waals surface area contributed by atoms with Crippen LogP contribution in [0.4, 0.5) is 0 Å². The smallest absolute Gasteiger partial charge is 0.235 e. The Balaban J connectivity index is 1.29. The summed E-state index contributed by atoms with van der Waals surface area (Å²) in [7, 11) is 0. The Morgan fingerprint density at radius 3 is 2.33 bits per heavy atom. The van der Waals surface area contributed by atoms with E-state index in [1.165, 1.54) is 30.9 Å². The highest BCUT2D eigenvalue weighted by molar-refractivity contribution is 7.26. The number of allylic oxidation sites excluding steroid dienone is 4. The van der Waals surface area contributed by atoms with Crippen LogP contribution in [-0.4, -0.2) is 29.5 Å². The van der Waals surface area contributed by atoms with Crippen LogP contribution < -0.4 is 0 Å². The van der Waals surface area contributed by atoms with Gasteiger partial charge in [0.1, 0.15) is 5.69 Å². The Hall–Kier alpha value is -5.53. The molecule has 1 aliphatic carbocycles. The number of benzene rings is 4. The molecule has 0 bridgehead atoms. The molecule has 0 saturated heterocycles. The molecule has 1 aliphatic rings. The van der Waals surface area contributed by atoms with Crippen molar-refractivity contribution < 1.29 is 0 Å². The standard InChI is InChI=1S/C38H26N6S/c1-23-11-5-6-14-25(23)36-41-35(24-12-3-2-4-13-24)42-37(43-36)30-21-22-39-38(40-30)44-31-17-9-7-15-26(31)28-19-20-29-27-16-8-10-18-32(27)45-34(29)33(28)44/h2-10,12-23H,11H2,1H3. The average Bonchev–Trinajstić information content (AvgIpc) is 3.65. The quantitative estimate of drug-likeness (QED) is 0.202. The molecule has 0 N–H and O–H groups in total. The van der Waals surface area contributed by atoms with E-state index in [-0.39, 0.29) is 0 Å². The highest BCUT2D eigenvalue weighted by atomic mass is 32.1. The van der Waals surface area contributed by atoms with Crippen molar-refractivity contribution in [1.82, 2.24) is 29.5 Å². The lowest BCUT2D eigenvalue weighted by molar-refractivity contribution is 0.747. The van der Waals surface area contributed by atoms with Crippen LogP contribution in [0.3, 0.4) is 0 Å². The number of hydrogen-bond donors (Lipinski definition) is 0. The van der Waals surface area contributed by atoms with E-state index >= 15 is 0 Å². The lowest BCUT2D eigenvalue weighted by atomic mass is 9.93. The minimum atomic E-state index is 0.302. The van der Waals surface area contributed by atoms with Crippen molar-refractivity contribution >= 4 is 58.9 Å². The number of para-hydroxylation sites is 1. The van der Waals surface area contributed by atoms with Gasteiger partial charge in [0.15, 0.2) is 17.5 Å². The second kappa shape index (κ2) is 10.3. The topological polar surface area (TPSA) is 69.4 Å². The third-order valence-corrected chi connectivity index (χ3v) is 9.80. The summed E-state index contributed by atoms with van der Waals surface area (Å²) >= 11 is 1.81. The largest absolute Gasteiger partial charge is 0.276 e. The van der Waals surface area contributed by atoms with Crippen LogP contribution in [0.25, 0.3) is 76.4 Å². The van der Waals surface area contributed by atoms with Crippen molar-refractivity contribution in [3.8, 4) is 28.9 Å². The van der Waals surface area contributed by atoms with E-state index in [0.717, 1.165) is 28.6 Å². The van der Waals surface area contributed by atoms with Gasteiger partial charge in [0.2, 0.25) is 5.95 Å². The Morgan fingerprint density at radius 1 is 0.689 bits per heavy atom. The van der Waals surface area contributed by atoms with Crippen LogP contribution in [0.5, 0.6) is 0 Å². The van der Waals surface area contributed by atoms with Gasteiger partial charge in [-0.3, -0.25) is 4.57 Å². The Labute approximate surface area is 263 Å². The number of thiophene rings is 1. The molecule has 214 valence electrons. The fourth-order valence-corrected chi connectivity index (χ4v) is 7.64. The van der Waals surface area contributed by atoms with Gasteiger partial charge in [0.05, 0.1) is 15.7 Å². The van der Waals surface area contributed by atoms with Gasteiger partial charge in [-0.25, -0.2) is 24.9 Å². The highest BCUT2D eigenvalue weighted by Gasteiger charge is 2.22. The number of fused-ring (bicyclic) bond motifs is 7. The molecule has 6 nitrogen and oxygen atoms in total. The highest BCUT2D eigenvalue weighted by Crippen LogP contribution is 2.42. The molecule has 0 aliphatic heterocycles. The third kappa shape index (κ3) is 4.19. The fraction of sp³-hybridized carbons (Fsp3) is 0.0789. The summed E-state index contributed by atoms with van der Waals surface area (Å²) in [6.45, 7) is 2.21. The molecule has 0 saturated carbocycles. The number of rotatable bonds is 4. The summed E-state index contributed by atoms with van der Waals surface area (Å²) < 4.78 is 4.68. The van der Waals surface area contributed by atoms with Gasteiger partial charge in [0, 0.05) is 43.6 Å². The first kappa shape index (κ1) is 25.9. The normalized spacial score (nSPS) is 15.0. The van der Waals surface area contributed by atoms with Crippen LogP contribution in [0.1, 0.15) is 19.2 Å². The van der Waals surface area contributed by atoms with Crippen LogP contribution in [0, 0.1) is 5.92 Å². The maximum absolute atomic E-state index is 5.16. The van der Waals surface area contributed by atoms with E-state index in [1.807, 2.05) is 47.7 Å². The predicted octanol–water partition coefficient (Wildman–Crippen LogP) is 9.44. The van der Waals surface area contributed by atoms with E-state index in [9.17, 15) is 0 Å². The molecule has 45 heavy (non-hydrogen) atoms. The van der Waals surface area contributed by atoms with E-state index < -0.39 is 0 Å². The molecule has 8 aromatic rings. The second-order valence-corrected chi connectivity index (χ2v) is 12.4. The lowest BCUT2D eigenvalue weighted by Crippen LogP contribution is -2.09. The molecule has 0 radical (unpaired) electrons. The van der Waals surface area contributed by atoms with Crippen LogP contribution in [0.15, 0.2) is 121 Å². The molecule has 0 spiro atoms. The number of nitrogens with zero attached hydrogens (tertiary/aromatic N) is 6. The van der Waals surface area contributed by atoms with Crippen molar-refractivity contribution in [2.24, 2.45) is 5.92 Å². The van der Waals surface area contributed by atoms with Gasteiger partial charge in [0.25, 0.3) is 0 Å². The maximum atomic E-state index is 5.16. The number of aromatic nitrogens is 6. The molecular formula is C38H26N6S. The first-order valence-corrected chi connectivity index (χ1v) is 15.9. The van der Waals surface area contributed by atoms with Gasteiger partial charge in [-0.05, 0) is 30.5 Å². The summed E-state index contributed by atoms with van der Waals surface area (Å²) in [6.07, 6.45) is 9.14. The molecule has 1 unspecified atom stereocenters. The van der Waals surface area contributed by atoms with E-state index in [4.69, 9.17) is 24.9 Å². The molecule has 9 rings (SSSR count). The zero-order valence-corrected chi connectivity index (χ0v) is 25.2. The van der Waals surface area contributed by atoms with Crippen molar-refractivity contribution in [2.45, 2.75) is 13.3 Å². The Kier molecular flexibility index (Phi) is 5.92. The monoisotopic (exact) mass is 598 g/mol. The Bertz CT molecular complexity index is 2490. The SMILES string of the molecule is CC1CC=CC=C1c1nc(-c2ccccc2)nc(-c2ccnc(-n3c4ccccc4c4ccc5c6ccccc6sc5c43)n2)n1. The molecule has 0 amide bonds. The van der Waals surface area contributed by atoms with Crippen molar-refractivity contribution in [3.05, 3.63) is 127 Å². The summed E-state index contributed by atoms with van der Waals surface area (Å²) in [6, 6.07) is 33.5. The number of hydrogen-bond acceptors (Lipinski definition) is 6. The van der Waals surface area contributed by atoms with Crippen molar-refractivity contribution in [2.75, 3.05) is 0 Å².